The van der Waals surface area contributed by atoms with Gasteiger partial charge in [-0.1, -0.05) is 26.0 Å². The number of sulfonamides is 1. The molecule has 1 heterocycles. The molecular formula is C24H29N3O4S2. The van der Waals surface area contributed by atoms with Crippen molar-refractivity contribution < 1.29 is 17.9 Å². The molecule has 0 atom stereocenters. The summed E-state index contributed by atoms with van der Waals surface area (Å²) in [4.78, 5) is 16.8. The molecule has 33 heavy (non-hydrogen) atoms. The molecule has 0 spiro atoms. The Morgan fingerprint density at radius 3 is 2.52 bits per heavy atom. The van der Waals surface area contributed by atoms with Crippen LogP contribution in [0.2, 0.25) is 0 Å². The van der Waals surface area contributed by atoms with Crippen LogP contribution >= 0.6 is 11.3 Å². The van der Waals surface area contributed by atoms with Gasteiger partial charge in [0.2, 0.25) is 5.91 Å². The molecule has 9 heteroatoms. The molecule has 7 nitrogen and oxygen atoms in total. The Labute approximate surface area is 199 Å². The number of ether oxygens (including phenoxy) is 1. The van der Waals surface area contributed by atoms with E-state index in [4.69, 9.17) is 4.74 Å². The van der Waals surface area contributed by atoms with Gasteiger partial charge in [-0.15, -0.1) is 11.3 Å². The second-order valence-electron chi connectivity index (χ2n) is 8.53. The maximum atomic E-state index is 12.8. The van der Waals surface area contributed by atoms with Gasteiger partial charge in [-0.25, -0.2) is 13.4 Å². The topological polar surface area (TPSA) is 97.4 Å². The molecule has 176 valence electrons. The van der Waals surface area contributed by atoms with Crippen molar-refractivity contribution >= 4 is 38.1 Å². The molecule has 1 amide bonds. The van der Waals surface area contributed by atoms with Crippen LogP contribution in [-0.4, -0.2) is 25.9 Å². The zero-order chi connectivity index (χ0) is 24.1. The maximum Gasteiger partial charge on any atom is 0.263 e. The summed E-state index contributed by atoms with van der Waals surface area (Å²) in [5.74, 6) is 0.738. The van der Waals surface area contributed by atoms with Gasteiger partial charge in [0.25, 0.3) is 10.0 Å². The first-order valence-electron chi connectivity index (χ1n) is 10.6. The normalized spacial score (nSPS) is 11.8. The van der Waals surface area contributed by atoms with Crippen LogP contribution in [0.4, 0.5) is 10.8 Å². The van der Waals surface area contributed by atoms with E-state index in [1.807, 2.05) is 39.8 Å². The lowest BCUT2D eigenvalue weighted by Gasteiger charge is -2.24. The van der Waals surface area contributed by atoms with Gasteiger partial charge in [-0.3, -0.25) is 9.52 Å². The highest BCUT2D eigenvalue weighted by molar-refractivity contribution is 7.93. The zero-order valence-corrected chi connectivity index (χ0v) is 20.8. The van der Waals surface area contributed by atoms with Crippen molar-refractivity contribution in [1.29, 1.82) is 0 Å². The van der Waals surface area contributed by atoms with Crippen LogP contribution in [0.1, 0.15) is 37.8 Å². The number of anilines is 2. The van der Waals surface area contributed by atoms with Crippen molar-refractivity contribution in [3.63, 3.8) is 0 Å². The van der Waals surface area contributed by atoms with Gasteiger partial charge < -0.3 is 10.1 Å². The summed E-state index contributed by atoms with van der Waals surface area (Å²) in [6.07, 6.45) is 2.90. The van der Waals surface area contributed by atoms with Crippen LogP contribution in [0, 0.1) is 19.3 Å². The minimum Gasteiger partial charge on any atom is -0.493 e. The molecular weight excluding hydrogens is 458 g/mol. The highest BCUT2D eigenvalue weighted by Crippen LogP contribution is 2.26. The monoisotopic (exact) mass is 487 g/mol. The zero-order valence-electron chi connectivity index (χ0n) is 19.2. The molecule has 0 saturated heterocycles. The van der Waals surface area contributed by atoms with E-state index in [0.717, 1.165) is 23.3 Å². The fourth-order valence-corrected chi connectivity index (χ4v) is 4.93. The number of thiazole rings is 1. The lowest BCUT2D eigenvalue weighted by molar-refractivity contribution is -0.124. The van der Waals surface area contributed by atoms with Crippen LogP contribution < -0.4 is 14.8 Å². The van der Waals surface area contributed by atoms with Gasteiger partial charge in [-0.2, -0.15) is 0 Å². The number of aromatic nitrogens is 1. The van der Waals surface area contributed by atoms with E-state index in [0.29, 0.717) is 23.8 Å². The van der Waals surface area contributed by atoms with Gasteiger partial charge in [-0.05, 0) is 68.1 Å². The maximum absolute atomic E-state index is 12.8. The molecule has 0 saturated carbocycles. The van der Waals surface area contributed by atoms with Crippen LogP contribution in [0.3, 0.4) is 0 Å². The highest BCUT2D eigenvalue weighted by Gasteiger charge is 2.27. The van der Waals surface area contributed by atoms with E-state index in [2.05, 4.69) is 21.1 Å². The molecule has 1 aromatic heterocycles. The van der Waals surface area contributed by atoms with Gasteiger partial charge >= 0.3 is 0 Å². The molecule has 0 unspecified atom stereocenters. The number of carbonyl (C=O) groups is 1. The van der Waals surface area contributed by atoms with Crippen molar-refractivity contribution in [1.82, 2.24) is 4.98 Å². The quantitative estimate of drug-likeness (QED) is 0.374. The molecule has 2 aromatic carbocycles. The first-order chi connectivity index (χ1) is 15.6. The molecule has 0 radical (unpaired) electrons. The van der Waals surface area contributed by atoms with Crippen molar-refractivity contribution in [3.8, 4) is 5.75 Å². The fraction of sp³-hybridized carbons (Fsp3) is 0.333. The summed E-state index contributed by atoms with van der Waals surface area (Å²) in [7, 11) is -3.73. The number of nitrogens with zero attached hydrogens (tertiary/aromatic N) is 1. The first kappa shape index (κ1) is 24.7. The number of nitrogens with one attached hydrogen (secondary N) is 2. The van der Waals surface area contributed by atoms with Gasteiger partial charge in [0.05, 0.1) is 11.5 Å². The van der Waals surface area contributed by atoms with Crippen LogP contribution in [0.25, 0.3) is 0 Å². The van der Waals surface area contributed by atoms with Crippen LogP contribution in [0.15, 0.2) is 58.9 Å². The van der Waals surface area contributed by atoms with Crippen molar-refractivity contribution in [3.05, 3.63) is 65.2 Å². The average Bonchev–Trinajstić information content (AvgIpc) is 3.26. The second-order valence-corrected chi connectivity index (χ2v) is 11.1. The third-order valence-electron chi connectivity index (χ3n) is 5.24. The average molecular weight is 488 g/mol. The van der Waals surface area contributed by atoms with Gasteiger partial charge in [0.1, 0.15) is 5.75 Å². The molecule has 0 aliphatic rings. The fourth-order valence-electron chi connectivity index (χ4n) is 3.14. The predicted molar refractivity (Wildman–Crippen MR) is 132 cm³/mol. The molecule has 0 aliphatic heterocycles. The Balaban J connectivity index is 1.52. The summed E-state index contributed by atoms with van der Waals surface area (Å²) in [5.41, 5.74) is 2.16. The first-order valence-corrected chi connectivity index (χ1v) is 13.0. The molecule has 3 rings (SSSR count). The highest BCUT2D eigenvalue weighted by atomic mass is 32.2. The molecule has 0 aliphatic carbocycles. The Hall–Kier alpha value is -2.91. The smallest absolute Gasteiger partial charge is 0.263 e. The molecule has 0 fully saturated rings. The number of benzene rings is 2. The minimum absolute atomic E-state index is 0.0959. The summed E-state index contributed by atoms with van der Waals surface area (Å²) >= 11 is 1.20. The van der Waals surface area contributed by atoms with Crippen molar-refractivity contribution in [2.45, 2.75) is 45.4 Å². The summed E-state index contributed by atoms with van der Waals surface area (Å²) in [6.45, 7) is 8.34. The Kier molecular flexibility index (Phi) is 7.76. The van der Waals surface area contributed by atoms with E-state index in [1.54, 1.807) is 17.5 Å². The van der Waals surface area contributed by atoms with E-state index in [-0.39, 0.29) is 10.8 Å². The third-order valence-corrected chi connectivity index (χ3v) is 7.41. The number of amides is 1. The molecule has 2 N–H and O–H groups in total. The van der Waals surface area contributed by atoms with E-state index < -0.39 is 15.4 Å². The van der Waals surface area contributed by atoms with Crippen LogP contribution in [0.5, 0.6) is 5.75 Å². The Morgan fingerprint density at radius 1 is 1.12 bits per heavy atom. The lowest BCUT2D eigenvalue weighted by Crippen LogP contribution is -2.31. The summed E-state index contributed by atoms with van der Waals surface area (Å²) in [6, 6.07) is 12.2. The lowest BCUT2D eigenvalue weighted by atomic mass is 9.87. The van der Waals surface area contributed by atoms with E-state index in [1.165, 1.54) is 29.7 Å². The van der Waals surface area contributed by atoms with Crippen molar-refractivity contribution in [2.24, 2.45) is 5.41 Å². The number of carbonyl (C=O) groups excluding carboxylic acids is 1. The SMILES string of the molecule is Cc1ccc(C)c(OCCCC(C)(C)C(=O)Nc2ccc(S(=O)(=O)Nc3nccs3)cc2)c1. The summed E-state index contributed by atoms with van der Waals surface area (Å²) < 4.78 is 33.2. The minimum atomic E-state index is -3.73. The standard InChI is InChI=1S/C24H29N3O4S2/c1-17-6-7-18(2)21(16-17)31-14-5-12-24(3,4)22(28)26-19-8-10-20(11-9-19)33(29,30)27-23-25-13-15-32-23/h6-11,13,15-16H,5,12,14H2,1-4H3,(H,25,27)(H,26,28). The van der Waals surface area contributed by atoms with Gasteiger partial charge in [0.15, 0.2) is 5.13 Å². The Morgan fingerprint density at radius 2 is 1.85 bits per heavy atom. The van der Waals surface area contributed by atoms with Crippen LogP contribution in [-0.2, 0) is 14.8 Å². The summed E-state index contributed by atoms with van der Waals surface area (Å²) in [5, 5.41) is 4.87. The largest absolute Gasteiger partial charge is 0.493 e. The van der Waals surface area contributed by atoms with E-state index >= 15 is 0 Å². The number of hydrogen-bond donors (Lipinski definition) is 2. The second kappa shape index (κ2) is 10.4. The van der Waals surface area contributed by atoms with E-state index in [9.17, 15) is 13.2 Å². The number of rotatable bonds is 10. The number of aryl methyl sites for hydroxylation is 2. The van der Waals surface area contributed by atoms with Crippen molar-refractivity contribution in [2.75, 3.05) is 16.6 Å². The third kappa shape index (κ3) is 6.79. The molecule has 0 bridgehead atoms. The Bertz CT molecular complexity index is 1190. The number of hydrogen-bond acceptors (Lipinski definition) is 6. The molecule has 3 aromatic rings. The predicted octanol–water partition coefficient (Wildman–Crippen LogP) is 5.38. The van der Waals surface area contributed by atoms with Gasteiger partial charge in [0, 0.05) is 22.7 Å².